The summed E-state index contributed by atoms with van der Waals surface area (Å²) in [5, 5.41) is 9.34. The van der Waals surface area contributed by atoms with Crippen molar-refractivity contribution in [3.05, 3.63) is 52.5 Å². The number of carboxylic acids is 1. The first-order valence-electron chi connectivity index (χ1n) is 6.09. The first-order chi connectivity index (χ1) is 10.0. The van der Waals surface area contributed by atoms with Crippen molar-refractivity contribution in [1.29, 1.82) is 0 Å². The molecule has 5 nitrogen and oxygen atoms in total. The van der Waals surface area contributed by atoms with Gasteiger partial charge in [-0.1, -0.05) is 23.7 Å². The molecule has 0 amide bonds. The van der Waals surface area contributed by atoms with Crippen LogP contribution in [-0.2, 0) is 6.61 Å². The predicted octanol–water partition coefficient (Wildman–Crippen LogP) is 3.21. The lowest BCUT2D eigenvalue weighted by atomic mass is 10.1. The van der Waals surface area contributed by atoms with Crippen molar-refractivity contribution in [3.63, 3.8) is 0 Å². The number of anilines is 1. The minimum atomic E-state index is -1.14. The van der Waals surface area contributed by atoms with E-state index in [9.17, 15) is 4.79 Å². The lowest BCUT2D eigenvalue weighted by molar-refractivity contribution is 0.0692. The molecule has 0 spiro atoms. The molecule has 0 saturated heterocycles. The number of ether oxygens (including phenoxy) is 2. The maximum Gasteiger partial charge on any atom is 0.339 e. The second kappa shape index (κ2) is 6.37. The number of hydrogen-bond donors (Lipinski definition) is 2. The van der Waals surface area contributed by atoms with Gasteiger partial charge in [-0.05, 0) is 29.8 Å². The number of nitrogens with two attached hydrogens (primary N) is 1. The molecule has 0 radical (unpaired) electrons. The average molecular weight is 308 g/mol. The molecule has 2 aromatic rings. The second-order valence-corrected chi connectivity index (χ2v) is 4.73. The van der Waals surface area contributed by atoms with Gasteiger partial charge in [-0.25, -0.2) is 4.79 Å². The highest BCUT2D eigenvalue weighted by atomic mass is 35.5. The number of methoxy groups -OCH3 is 1. The highest BCUT2D eigenvalue weighted by molar-refractivity contribution is 6.33. The fourth-order valence-electron chi connectivity index (χ4n) is 1.80. The van der Waals surface area contributed by atoms with Gasteiger partial charge in [0.25, 0.3) is 0 Å². The van der Waals surface area contributed by atoms with Crippen molar-refractivity contribution in [2.75, 3.05) is 12.8 Å². The van der Waals surface area contributed by atoms with Crippen LogP contribution in [0.1, 0.15) is 15.9 Å². The largest absolute Gasteiger partial charge is 0.497 e. The van der Waals surface area contributed by atoms with Gasteiger partial charge in [0.2, 0.25) is 0 Å². The molecule has 0 aromatic heterocycles. The van der Waals surface area contributed by atoms with Gasteiger partial charge in [-0.2, -0.15) is 0 Å². The Balaban J connectivity index is 2.20. The van der Waals surface area contributed by atoms with E-state index in [1.165, 1.54) is 12.1 Å². The van der Waals surface area contributed by atoms with Gasteiger partial charge in [0.05, 0.1) is 12.1 Å². The maximum atomic E-state index is 11.2. The van der Waals surface area contributed by atoms with Gasteiger partial charge in [0.1, 0.15) is 17.9 Å². The topological polar surface area (TPSA) is 81.8 Å². The van der Waals surface area contributed by atoms with E-state index in [0.717, 1.165) is 11.3 Å². The Kier molecular flexibility index (Phi) is 4.55. The predicted molar refractivity (Wildman–Crippen MR) is 80.1 cm³/mol. The summed E-state index contributed by atoms with van der Waals surface area (Å²) in [6.45, 7) is 0.188. The summed E-state index contributed by atoms with van der Waals surface area (Å²) in [5.41, 5.74) is 6.66. The molecule has 0 aliphatic carbocycles. The summed E-state index contributed by atoms with van der Waals surface area (Å²) >= 11 is 6.00. The molecule has 110 valence electrons. The number of nitrogen functional groups attached to an aromatic ring is 1. The van der Waals surface area contributed by atoms with Crippen LogP contribution in [0.3, 0.4) is 0 Å². The molecule has 0 unspecified atom stereocenters. The van der Waals surface area contributed by atoms with Crippen LogP contribution in [0.2, 0.25) is 5.02 Å². The van der Waals surface area contributed by atoms with Crippen LogP contribution in [0, 0.1) is 0 Å². The van der Waals surface area contributed by atoms with Crippen LogP contribution in [0.5, 0.6) is 11.5 Å². The molecular weight excluding hydrogens is 294 g/mol. The monoisotopic (exact) mass is 307 g/mol. The highest BCUT2D eigenvalue weighted by Gasteiger charge is 2.16. The summed E-state index contributed by atoms with van der Waals surface area (Å²) < 4.78 is 10.6. The molecule has 21 heavy (non-hydrogen) atoms. The first kappa shape index (κ1) is 15.0. The summed E-state index contributed by atoms with van der Waals surface area (Å²) in [6.07, 6.45) is 0. The SMILES string of the molecule is COc1ccc(COc2c(Cl)cc(N)cc2C(=O)O)cc1. The highest BCUT2D eigenvalue weighted by Crippen LogP contribution is 2.32. The summed E-state index contributed by atoms with van der Waals surface area (Å²) in [6, 6.07) is 10.0. The number of rotatable bonds is 5. The zero-order valence-corrected chi connectivity index (χ0v) is 12.1. The Morgan fingerprint density at radius 3 is 2.52 bits per heavy atom. The number of benzene rings is 2. The fraction of sp³-hybridized carbons (Fsp3) is 0.133. The van der Waals surface area contributed by atoms with Gasteiger partial charge in [0, 0.05) is 5.69 Å². The van der Waals surface area contributed by atoms with Gasteiger partial charge in [-0.15, -0.1) is 0 Å². The standard InChI is InChI=1S/C15H14ClNO4/c1-20-11-4-2-9(3-5-11)8-21-14-12(15(18)19)6-10(17)7-13(14)16/h2-7H,8,17H2,1H3,(H,18,19). The Labute approximate surface area is 126 Å². The smallest absolute Gasteiger partial charge is 0.339 e. The molecule has 0 aliphatic rings. The second-order valence-electron chi connectivity index (χ2n) is 4.32. The third-order valence-electron chi connectivity index (χ3n) is 2.84. The number of carboxylic acid groups (broad SMARTS) is 1. The van der Waals surface area contributed by atoms with Crippen LogP contribution < -0.4 is 15.2 Å². The van der Waals surface area contributed by atoms with Crippen molar-refractivity contribution >= 4 is 23.3 Å². The Morgan fingerprint density at radius 2 is 1.95 bits per heavy atom. The van der Waals surface area contributed by atoms with Crippen LogP contribution in [0.15, 0.2) is 36.4 Å². The lowest BCUT2D eigenvalue weighted by Crippen LogP contribution is -2.05. The van der Waals surface area contributed by atoms with E-state index in [1.807, 2.05) is 12.1 Å². The fourth-order valence-corrected chi connectivity index (χ4v) is 2.08. The third kappa shape index (κ3) is 3.58. The number of aromatic carboxylic acids is 1. The van der Waals surface area contributed by atoms with Crippen LogP contribution in [0.25, 0.3) is 0 Å². The molecule has 6 heteroatoms. The van der Waals surface area contributed by atoms with E-state index in [0.29, 0.717) is 0 Å². The van der Waals surface area contributed by atoms with Crippen LogP contribution in [0.4, 0.5) is 5.69 Å². The quantitative estimate of drug-likeness (QED) is 0.829. The molecular formula is C15H14ClNO4. The van der Waals surface area contributed by atoms with E-state index < -0.39 is 5.97 Å². The van der Waals surface area contributed by atoms with Crippen molar-refractivity contribution in [1.82, 2.24) is 0 Å². The minimum Gasteiger partial charge on any atom is -0.497 e. The lowest BCUT2D eigenvalue weighted by Gasteiger charge is -2.12. The van der Waals surface area contributed by atoms with Crippen LogP contribution in [-0.4, -0.2) is 18.2 Å². The van der Waals surface area contributed by atoms with Crippen molar-refractivity contribution in [2.24, 2.45) is 0 Å². The molecule has 3 N–H and O–H groups in total. The van der Waals surface area contributed by atoms with Crippen molar-refractivity contribution in [2.45, 2.75) is 6.61 Å². The molecule has 0 fully saturated rings. The molecule has 0 bridgehead atoms. The Bertz CT molecular complexity index is 655. The normalized spacial score (nSPS) is 10.2. The van der Waals surface area contributed by atoms with Gasteiger partial charge in [0.15, 0.2) is 5.75 Å². The van der Waals surface area contributed by atoms with E-state index in [-0.39, 0.29) is 28.6 Å². The van der Waals surface area contributed by atoms with Crippen molar-refractivity contribution in [3.8, 4) is 11.5 Å². The van der Waals surface area contributed by atoms with E-state index in [4.69, 9.17) is 31.9 Å². The van der Waals surface area contributed by atoms with Gasteiger partial charge < -0.3 is 20.3 Å². The zero-order chi connectivity index (χ0) is 15.4. The van der Waals surface area contributed by atoms with Gasteiger partial charge in [-0.3, -0.25) is 0 Å². The third-order valence-corrected chi connectivity index (χ3v) is 3.12. The Hall–Kier alpha value is -2.40. The van der Waals surface area contributed by atoms with Crippen molar-refractivity contribution < 1.29 is 19.4 Å². The molecule has 0 heterocycles. The average Bonchev–Trinajstić information content (AvgIpc) is 2.46. The summed E-state index contributed by atoms with van der Waals surface area (Å²) in [7, 11) is 1.58. The van der Waals surface area contributed by atoms with Crippen LogP contribution >= 0.6 is 11.6 Å². The Morgan fingerprint density at radius 1 is 1.29 bits per heavy atom. The number of hydrogen-bond acceptors (Lipinski definition) is 4. The number of carbonyl (C=O) groups is 1. The van der Waals surface area contributed by atoms with E-state index in [1.54, 1.807) is 19.2 Å². The van der Waals surface area contributed by atoms with E-state index >= 15 is 0 Å². The minimum absolute atomic E-state index is 0.0616. The molecule has 0 saturated carbocycles. The van der Waals surface area contributed by atoms with Gasteiger partial charge >= 0.3 is 5.97 Å². The molecule has 2 aromatic carbocycles. The first-order valence-corrected chi connectivity index (χ1v) is 6.47. The molecule has 0 atom stereocenters. The summed E-state index contributed by atoms with van der Waals surface area (Å²) in [5.74, 6) is -0.307. The number of halogens is 1. The zero-order valence-electron chi connectivity index (χ0n) is 11.3. The molecule has 0 aliphatic heterocycles. The van der Waals surface area contributed by atoms with E-state index in [2.05, 4.69) is 0 Å². The maximum absolute atomic E-state index is 11.2. The summed E-state index contributed by atoms with van der Waals surface area (Å²) in [4.78, 5) is 11.2. The molecule has 2 rings (SSSR count).